The van der Waals surface area contributed by atoms with Crippen LogP contribution in [0.25, 0.3) is 21.7 Å². The molecule has 3 nitrogen and oxygen atoms in total. The number of aromatic hydroxyl groups is 1. The molecule has 0 unspecified atom stereocenters. The van der Waals surface area contributed by atoms with Crippen LogP contribution in [-0.4, -0.2) is 10.1 Å². The van der Waals surface area contributed by atoms with E-state index in [1.54, 1.807) is 12.3 Å². The van der Waals surface area contributed by atoms with Crippen molar-refractivity contribution in [3.05, 3.63) is 42.6 Å². The van der Waals surface area contributed by atoms with Gasteiger partial charge in [0, 0.05) is 11.6 Å². The summed E-state index contributed by atoms with van der Waals surface area (Å²) in [7, 11) is 0. The third-order valence-corrected chi connectivity index (χ3v) is 2.76. The number of anilines is 1. The minimum atomic E-state index is 0.113. The van der Waals surface area contributed by atoms with Gasteiger partial charge in [-0.3, -0.25) is 4.98 Å². The van der Waals surface area contributed by atoms with E-state index in [9.17, 15) is 5.11 Å². The fraction of sp³-hybridized carbons (Fsp3) is 0. The predicted octanol–water partition coefficient (Wildman–Crippen LogP) is 2.68. The van der Waals surface area contributed by atoms with Gasteiger partial charge in [-0.2, -0.15) is 0 Å². The minimum absolute atomic E-state index is 0.113. The molecule has 2 aromatic carbocycles. The molecule has 1 aromatic heterocycles. The van der Waals surface area contributed by atoms with Crippen molar-refractivity contribution in [2.24, 2.45) is 0 Å². The molecule has 0 aliphatic rings. The van der Waals surface area contributed by atoms with Gasteiger partial charge in [0.15, 0.2) is 0 Å². The molecule has 3 heteroatoms. The van der Waals surface area contributed by atoms with Crippen LogP contribution in [0.5, 0.6) is 5.75 Å². The number of rotatable bonds is 0. The van der Waals surface area contributed by atoms with Gasteiger partial charge in [0.2, 0.25) is 0 Å². The maximum absolute atomic E-state index is 9.99. The topological polar surface area (TPSA) is 59.1 Å². The Morgan fingerprint density at radius 3 is 2.75 bits per heavy atom. The van der Waals surface area contributed by atoms with E-state index in [4.69, 9.17) is 5.73 Å². The van der Waals surface area contributed by atoms with Crippen molar-refractivity contribution in [2.45, 2.75) is 0 Å². The summed E-state index contributed by atoms with van der Waals surface area (Å²) in [5, 5.41) is 12.7. The number of nitrogens with zero attached hydrogens (tertiary/aromatic N) is 1. The third kappa shape index (κ3) is 1.11. The van der Waals surface area contributed by atoms with E-state index in [0.717, 1.165) is 21.7 Å². The molecule has 0 atom stereocenters. The van der Waals surface area contributed by atoms with Crippen LogP contribution in [0.15, 0.2) is 42.6 Å². The first-order valence-electron chi connectivity index (χ1n) is 5.02. The second-order valence-corrected chi connectivity index (χ2v) is 3.74. The van der Waals surface area contributed by atoms with Crippen LogP contribution in [0.3, 0.4) is 0 Å². The van der Waals surface area contributed by atoms with Crippen LogP contribution < -0.4 is 5.73 Å². The van der Waals surface area contributed by atoms with E-state index in [0.29, 0.717) is 5.69 Å². The van der Waals surface area contributed by atoms with Gasteiger partial charge in [-0.1, -0.05) is 24.3 Å². The monoisotopic (exact) mass is 210 g/mol. The highest BCUT2D eigenvalue weighted by Crippen LogP contribution is 2.34. The minimum Gasteiger partial charge on any atom is -0.505 e. The summed E-state index contributed by atoms with van der Waals surface area (Å²) in [5.74, 6) is 0.113. The van der Waals surface area contributed by atoms with Crippen LogP contribution in [0.2, 0.25) is 0 Å². The summed E-state index contributed by atoms with van der Waals surface area (Å²) in [6.07, 6.45) is 1.80. The number of fused-ring (bicyclic) bond motifs is 3. The highest BCUT2D eigenvalue weighted by atomic mass is 16.3. The number of phenolic OH excluding ortho intramolecular Hbond substituents is 1. The van der Waals surface area contributed by atoms with Gasteiger partial charge in [0.1, 0.15) is 5.75 Å². The molecule has 3 N–H and O–H groups in total. The van der Waals surface area contributed by atoms with Crippen molar-refractivity contribution in [1.82, 2.24) is 4.98 Å². The lowest BCUT2D eigenvalue weighted by molar-refractivity contribution is 0.484. The largest absolute Gasteiger partial charge is 0.505 e. The van der Waals surface area contributed by atoms with Crippen molar-refractivity contribution in [3.63, 3.8) is 0 Å². The van der Waals surface area contributed by atoms with Gasteiger partial charge in [-0.15, -0.1) is 0 Å². The smallest absolute Gasteiger partial charge is 0.148 e. The third-order valence-electron chi connectivity index (χ3n) is 2.76. The van der Waals surface area contributed by atoms with Crippen LogP contribution in [0, 0.1) is 0 Å². The average Bonchev–Trinajstić information content (AvgIpc) is 2.33. The zero-order valence-electron chi connectivity index (χ0n) is 8.51. The second kappa shape index (κ2) is 3.10. The first kappa shape index (κ1) is 8.97. The maximum atomic E-state index is 9.99. The first-order valence-corrected chi connectivity index (χ1v) is 5.02. The van der Waals surface area contributed by atoms with E-state index in [2.05, 4.69) is 4.98 Å². The Morgan fingerprint density at radius 2 is 1.88 bits per heavy atom. The summed E-state index contributed by atoms with van der Waals surface area (Å²) in [4.78, 5) is 4.30. The molecule has 0 radical (unpaired) electrons. The molecule has 3 aromatic rings. The van der Waals surface area contributed by atoms with Crippen LogP contribution in [0.4, 0.5) is 5.69 Å². The number of hydrogen-bond donors (Lipinski definition) is 2. The lowest BCUT2D eigenvalue weighted by Gasteiger charge is -2.06. The molecule has 0 fully saturated rings. The maximum Gasteiger partial charge on any atom is 0.148 e. The van der Waals surface area contributed by atoms with Gasteiger partial charge >= 0.3 is 0 Å². The standard InChI is InChI=1S/C13H10N2O/c14-10-5-6-11-12(13(10)16)9-4-2-1-3-8(9)7-15-11/h1-7,16H,14H2. The zero-order chi connectivity index (χ0) is 11.1. The highest BCUT2D eigenvalue weighted by molar-refractivity contribution is 6.10. The van der Waals surface area contributed by atoms with Crippen LogP contribution >= 0.6 is 0 Å². The van der Waals surface area contributed by atoms with Crippen molar-refractivity contribution in [2.75, 3.05) is 5.73 Å². The van der Waals surface area contributed by atoms with E-state index < -0.39 is 0 Å². The Morgan fingerprint density at radius 1 is 1.06 bits per heavy atom. The lowest BCUT2D eigenvalue weighted by atomic mass is 10.1. The number of nitrogens with two attached hydrogens (primary N) is 1. The van der Waals surface area contributed by atoms with Crippen molar-refractivity contribution >= 4 is 27.4 Å². The van der Waals surface area contributed by atoms with Gasteiger partial charge in [0.25, 0.3) is 0 Å². The van der Waals surface area contributed by atoms with Crippen molar-refractivity contribution in [3.8, 4) is 5.75 Å². The molecule has 16 heavy (non-hydrogen) atoms. The average molecular weight is 210 g/mol. The molecule has 0 bridgehead atoms. The normalized spacial score (nSPS) is 11.0. The number of hydrogen-bond acceptors (Lipinski definition) is 3. The molecule has 1 heterocycles. The highest BCUT2D eigenvalue weighted by Gasteiger charge is 2.08. The summed E-state index contributed by atoms with van der Waals surface area (Å²) in [6, 6.07) is 11.3. The molecule has 0 spiro atoms. The Labute approximate surface area is 92.1 Å². The van der Waals surface area contributed by atoms with E-state index in [-0.39, 0.29) is 5.75 Å². The predicted molar refractivity (Wildman–Crippen MR) is 65.3 cm³/mol. The lowest BCUT2D eigenvalue weighted by Crippen LogP contribution is -1.88. The molecule has 0 saturated carbocycles. The summed E-state index contributed by atoms with van der Waals surface area (Å²) in [6.45, 7) is 0. The van der Waals surface area contributed by atoms with Gasteiger partial charge in [0.05, 0.1) is 16.6 Å². The number of benzene rings is 2. The molecule has 0 aliphatic heterocycles. The zero-order valence-corrected chi connectivity index (χ0v) is 8.51. The molecular weight excluding hydrogens is 200 g/mol. The number of pyridine rings is 1. The quantitative estimate of drug-likeness (QED) is 0.340. The van der Waals surface area contributed by atoms with Crippen molar-refractivity contribution < 1.29 is 5.11 Å². The summed E-state index contributed by atoms with van der Waals surface area (Å²) in [5.41, 5.74) is 6.83. The molecule has 78 valence electrons. The number of phenols is 1. The molecule has 0 aliphatic carbocycles. The molecule has 3 rings (SSSR count). The first-order chi connectivity index (χ1) is 7.77. The van der Waals surface area contributed by atoms with E-state index in [1.807, 2.05) is 30.3 Å². The summed E-state index contributed by atoms with van der Waals surface area (Å²) >= 11 is 0. The van der Waals surface area contributed by atoms with Crippen LogP contribution in [0.1, 0.15) is 0 Å². The molecule has 0 amide bonds. The van der Waals surface area contributed by atoms with E-state index >= 15 is 0 Å². The Bertz CT molecular complexity index is 692. The van der Waals surface area contributed by atoms with Gasteiger partial charge in [-0.25, -0.2) is 0 Å². The second-order valence-electron chi connectivity index (χ2n) is 3.74. The Kier molecular flexibility index (Phi) is 1.74. The molecular formula is C13H10N2O. The number of aromatic nitrogens is 1. The van der Waals surface area contributed by atoms with Gasteiger partial charge < -0.3 is 10.8 Å². The van der Waals surface area contributed by atoms with Crippen molar-refractivity contribution in [1.29, 1.82) is 0 Å². The Balaban J connectivity index is 2.63. The SMILES string of the molecule is Nc1ccc2ncc3ccccc3c2c1O. The van der Waals surface area contributed by atoms with E-state index in [1.165, 1.54) is 0 Å². The fourth-order valence-electron chi connectivity index (χ4n) is 1.95. The Hall–Kier alpha value is -2.29. The number of nitrogen functional groups attached to an aromatic ring is 1. The summed E-state index contributed by atoms with van der Waals surface area (Å²) < 4.78 is 0. The van der Waals surface area contributed by atoms with Gasteiger partial charge in [-0.05, 0) is 17.5 Å². The van der Waals surface area contributed by atoms with Crippen LogP contribution in [-0.2, 0) is 0 Å². The fourth-order valence-corrected chi connectivity index (χ4v) is 1.95. The molecule has 0 saturated heterocycles.